The molecular weight excluding hydrogens is 154 g/mol. The van der Waals surface area contributed by atoms with Crippen LogP contribution in [0, 0.1) is 4.91 Å². The first kappa shape index (κ1) is 6.84. The summed E-state index contributed by atoms with van der Waals surface area (Å²) in [5.74, 6) is 5.04. The first-order valence-electron chi connectivity index (χ1n) is 3.56. The molecule has 0 aliphatic rings. The number of rotatable bonds is 1. The van der Waals surface area contributed by atoms with Gasteiger partial charge in [-0.3, -0.25) is 0 Å². The van der Waals surface area contributed by atoms with Gasteiger partial charge < -0.3 is 4.98 Å². The molecule has 0 fully saturated rings. The maximum Gasteiger partial charge on any atom is 0.292 e. The molecule has 0 saturated carbocycles. The van der Waals surface area contributed by atoms with E-state index in [9.17, 15) is 4.91 Å². The normalized spacial score (nSPS) is 10.3. The topological polar surface area (TPSA) is 61.9 Å². The van der Waals surface area contributed by atoms with Gasteiger partial charge in [-0.1, -0.05) is 0 Å². The Morgan fingerprint density at radius 2 is 2.17 bits per heavy atom. The van der Waals surface area contributed by atoms with E-state index in [1.54, 1.807) is 12.1 Å². The molecule has 0 saturated heterocycles. The van der Waals surface area contributed by atoms with Crippen molar-refractivity contribution in [2.24, 2.45) is 5.84 Å². The van der Waals surface area contributed by atoms with Crippen molar-refractivity contribution in [3.8, 4) is 0 Å². The van der Waals surface area contributed by atoms with Crippen molar-refractivity contribution < 1.29 is 4.87 Å². The minimum atomic E-state index is 0.354. The van der Waals surface area contributed by atoms with Crippen molar-refractivity contribution in [3.63, 3.8) is 0 Å². The second-order valence-electron chi connectivity index (χ2n) is 2.58. The van der Waals surface area contributed by atoms with Crippen molar-refractivity contribution in [1.29, 1.82) is 0 Å². The van der Waals surface area contributed by atoms with Crippen molar-refractivity contribution in [3.05, 3.63) is 35.4 Å². The molecule has 0 radical (unpaired) electrons. The van der Waals surface area contributed by atoms with Crippen LogP contribution in [-0.2, 0) is 0 Å². The average Bonchev–Trinajstić information content (AvgIpc) is 2.49. The van der Waals surface area contributed by atoms with Gasteiger partial charge in [0.2, 0.25) is 0 Å². The van der Waals surface area contributed by atoms with Crippen LogP contribution >= 0.6 is 0 Å². The molecule has 0 aliphatic heterocycles. The fraction of sp³-hybridized carbons (Fsp3) is 0. The maximum atomic E-state index is 10.7. The molecule has 1 aromatic carbocycles. The van der Waals surface area contributed by atoms with Gasteiger partial charge in [0.15, 0.2) is 4.87 Å². The number of hydrogen-bond donors (Lipinski definition) is 2. The van der Waals surface area contributed by atoms with Gasteiger partial charge in [-0.15, -0.1) is 0 Å². The third-order valence-corrected chi connectivity index (χ3v) is 1.79. The summed E-state index contributed by atoms with van der Waals surface area (Å²) in [7, 11) is 0. The van der Waals surface area contributed by atoms with Crippen LogP contribution in [0.3, 0.4) is 0 Å². The van der Waals surface area contributed by atoms with Crippen LogP contribution in [0.2, 0.25) is 0 Å². The average molecular weight is 162 g/mol. The van der Waals surface area contributed by atoms with E-state index in [4.69, 9.17) is 5.84 Å². The Kier molecular flexibility index (Phi) is 1.33. The van der Waals surface area contributed by atoms with Crippen LogP contribution in [0.4, 0.5) is 5.69 Å². The minimum absolute atomic E-state index is 0.354. The van der Waals surface area contributed by atoms with Crippen LogP contribution in [-0.4, -0.2) is 9.85 Å². The van der Waals surface area contributed by atoms with Crippen molar-refractivity contribution in [2.75, 3.05) is 0 Å². The number of nitroso groups, excluding NO2 is 1. The van der Waals surface area contributed by atoms with E-state index in [0.717, 1.165) is 10.9 Å². The number of fused-ring (bicyclic) bond motifs is 1. The molecule has 1 aromatic heterocycles. The quantitative estimate of drug-likeness (QED) is 0.378. The molecule has 2 aromatic rings. The van der Waals surface area contributed by atoms with Gasteiger partial charge in [0.1, 0.15) is 0 Å². The highest BCUT2D eigenvalue weighted by Gasteiger charge is 2.08. The molecule has 4 heteroatoms. The number of hydrazine groups is 1. The first-order valence-corrected chi connectivity index (χ1v) is 3.56. The molecule has 0 amide bonds. The highest BCUT2D eigenvalue weighted by atomic mass is 16.3. The Bertz CT molecular complexity index is 433. The summed E-state index contributed by atoms with van der Waals surface area (Å²) in [6, 6.07) is 7.12. The summed E-state index contributed by atoms with van der Waals surface area (Å²) >= 11 is 0. The highest BCUT2D eigenvalue weighted by Crippen LogP contribution is 2.17. The van der Waals surface area contributed by atoms with Crippen LogP contribution in [0.25, 0.3) is 10.9 Å². The fourth-order valence-corrected chi connectivity index (χ4v) is 1.18. The molecular formula is C8H8N3O+. The predicted molar refractivity (Wildman–Crippen MR) is 45.8 cm³/mol. The Hall–Kier alpha value is -1.84. The molecule has 2 rings (SSSR count). The highest BCUT2D eigenvalue weighted by molar-refractivity contribution is 5.81. The van der Waals surface area contributed by atoms with E-state index in [1.165, 1.54) is 0 Å². The second-order valence-corrected chi connectivity index (χ2v) is 2.58. The zero-order valence-electron chi connectivity index (χ0n) is 6.32. The van der Waals surface area contributed by atoms with Gasteiger partial charge in [-0.2, -0.15) is 5.84 Å². The summed E-state index contributed by atoms with van der Waals surface area (Å²) in [6.07, 6.45) is 1.82. The number of nitrogens with one attached hydrogen (secondary N) is 1. The number of nitrogens with zero attached hydrogens (tertiary/aromatic N) is 1. The molecule has 0 atom stereocenters. The zero-order valence-corrected chi connectivity index (χ0v) is 6.32. The van der Waals surface area contributed by atoms with Crippen molar-refractivity contribution >= 4 is 16.6 Å². The van der Waals surface area contributed by atoms with Gasteiger partial charge in [0.05, 0.1) is 4.91 Å². The number of nitrogens with two attached hydrogens (primary N) is 1. The van der Waals surface area contributed by atoms with Crippen molar-refractivity contribution in [2.45, 2.75) is 0 Å². The molecule has 4 nitrogen and oxygen atoms in total. The number of aromatic nitrogens is 1. The van der Waals surface area contributed by atoms with Crippen LogP contribution in [0.5, 0.6) is 0 Å². The largest absolute Gasteiger partial charge is 0.361 e. The van der Waals surface area contributed by atoms with Gasteiger partial charge in [0.25, 0.3) is 5.69 Å². The standard InChI is InChI=1S/C8H8N3O/c9-11(12)7-1-2-8-6(5-7)3-4-10-8/h1-5,10H,(H2,9,12)/q+1. The minimum Gasteiger partial charge on any atom is -0.361 e. The van der Waals surface area contributed by atoms with Gasteiger partial charge >= 0.3 is 0 Å². The second kappa shape index (κ2) is 2.34. The van der Waals surface area contributed by atoms with Crippen LogP contribution < -0.4 is 5.84 Å². The molecule has 12 heavy (non-hydrogen) atoms. The lowest BCUT2D eigenvalue weighted by Gasteiger charge is -1.87. The zero-order chi connectivity index (χ0) is 8.55. The summed E-state index contributed by atoms with van der Waals surface area (Å²) in [5.41, 5.74) is 1.46. The SMILES string of the molecule is N[N+](=O)c1ccc2[nH]ccc2c1. The Labute approximate surface area is 68.5 Å². The Balaban J connectivity index is 2.68. The molecule has 3 N–H and O–H groups in total. The number of H-pyrrole nitrogens is 1. The molecule has 0 bridgehead atoms. The fourth-order valence-electron chi connectivity index (χ4n) is 1.18. The first-order chi connectivity index (χ1) is 5.77. The molecule has 60 valence electrons. The third-order valence-electron chi connectivity index (χ3n) is 1.79. The van der Waals surface area contributed by atoms with Gasteiger partial charge in [0, 0.05) is 29.2 Å². The van der Waals surface area contributed by atoms with E-state index in [0.29, 0.717) is 10.6 Å². The summed E-state index contributed by atoms with van der Waals surface area (Å²) in [6.45, 7) is 0. The number of aromatic amines is 1. The summed E-state index contributed by atoms with van der Waals surface area (Å²) in [5, 5.41) is 0.985. The smallest absolute Gasteiger partial charge is 0.292 e. The predicted octanol–water partition coefficient (Wildman–Crippen LogP) is 1.45. The van der Waals surface area contributed by atoms with E-state index in [1.807, 2.05) is 18.3 Å². The van der Waals surface area contributed by atoms with E-state index in [2.05, 4.69) is 4.98 Å². The van der Waals surface area contributed by atoms with Gasteiger partial charge in [-0.25, -0.2) is 0 Å². The lowest BCUT2D eigenvalue weighted by molar-refractivity contribution is -0.474. The van der Waals surface area contributed by atoms with Gasteiger partial charge in [-0.05, 0) is 12.1 Å². The molecule has 0 unspecified atom stereocenters. The number of benzene rings is 1. The van der Waals surface area contributed by atoms with E-state index in [-0.39, 0.29) is 0 Å². The Morgan fingerprint density at radius 3 is 2.92 bits per heavy atom. The Morgan fingerprint density at radius 1 is 1.33 bits per heavy atom. The van der Waals surface area contributed by atoms with Crippen molar-refractivity contribution in [1.82, 2.24) is 4.98 Å². The molecule has 0 spiro atoms. The summed E-state index contributed by atoms with van der Waals surface area (Å²) < 4.78 is 0. The molecule has 0 aliphatic carbocycles. The third kappa shape index (κ3) is 0.934. The van der Waals surface area contributed by atoms with Crippen LogP contribution in [0.15, 0.2) is 30.5 Å². The molecule has 1 heterocycles. The van der Waals surface area contributed by atoms with Crippen LogP contribution in [0.1, 0.15) is 0 Å². The monoisotopic (exact) mass is 162 g/mol. The maximum absolute atomic E-state index is 10.7. The van der Waals surface area contributed by atoms with E-state index < -0.39 is 0 Å². The van der Waals surface area contributed by atoms with E-state index >= 15 is 0 Å². The lowest BCUT2D eigenvalue weighted by Crippen LogP contribution is -2.08. The lowest BCUT2D eigenvalue weighted by atomic mass is 10.2. The number of hydrogen-bond acceptors (Lipinski definition) is 1. The summed E-state index contributed by atoms with van der Waals surface area (Å²) in [4.78, 5) is 14.1.